The van der Waals surface area contributed by atoms with E-state index >= 15 is 0 Å². The zero-order chi connectivity index (χ0) is 20.6. The molecule has 4 heteroatoms. The van der Waals surface area contributed by atoms with Crippen molar-refractivity contribution in [3.8, 4) is 0 Å². The molecular weight excluding hydrogens is 449 g/mol. The van der Waals surface area contributed by atoms with E-state index in [1.807, 2.05) is 0 Å². The summed E-state index contributed by atoms with van der Waals surface area (Å²) in [4.78, 5) is 2.27. The molecule has 0 aliphatic heterocycles. The van der Waals surface area contributed by atoms with Gasteiger partial charge in [-0.05, 0) is 0 Å². The van der Waals surface area contributed by atoms with Gasteiger partial charge in [-0.2, -0.15) is 0 Å². The van der Waals surface area contributed by atoms with Gasteiger partial charge in [0.1, 0.15) is 0 Å². The van der Waals surface area contributed by atoms with Gasteiger partial charge in [0.2, 0.25) is 0 Å². The first kappa shape index (κ1) is 23.7. The summed E-state index contributed by atoms with van der Waals surface area (Å²) in [5, 5.41) is 6.91. The van der Waals surface area contributed by atoms with Crippen molar-refractivity contribution >= 4 is 33.0 Å². The van der Waals surface area contributed by atoms with Crippen molar-refractivity contribution in [1.82, 2.24) is 14.7 Å². The van der Waals surface area contributed by atoms with Crippen LogP contribution in [0.25, 0.3) is 10.9 Å². The van der Waals surface area contributed by atoms with E-state index in [0.717, 1.165) is 13.1 Å². The molecule has 1 heterocycles. The minimum atomic E-state index is -2.54. The molecule has 2 rings (SSSR count). The molecule has 1 aromatic carbocycles. The van der Waals surface area contributed by atoms with Gasteiger partial charge in [0.15, 0.2) is 0 Å². The standard InChI is InChI=1S/C12H16N3.3C4H9.Sn/c1-10-4-5-11-9-13-15(12(11)8-10)7-6-14(2)3;3*1-3-4-2;/h4-5,8H,6-7H2,1-3H3;3*1,3-4H2,2H3;. The molecule has 0 unspecified atom stereocenters. The maximum absolute atomic E-state index is 5.42. The van der Waals surface area contributed by atoms with Crippen molar-refractivity contribution in [3.63, 3.8) is 0 Å². The van der Waals surface area contributed by atoms with Crippen molar-refractivity contribution < 1.29 is 0 Å². The molecule has 0 fully saturated rings. The summed E-state index contributed by atoms with van der Waals surface area (Å²) in [5.74, 6) is 0. The van der Waals surface area contributed by atoms with Gasteiger partial charge in [-0.25, -0.2) is 0 Å². The predicted molar refractivity (Wildman–Crippen MR) is 128 cm³/mol. The Kier molecular flexibility index (Phi) is 9.82. The number of hydrogen-bond acceptors (Lipinski definition) is 2. The number of fused-ring (bicyclic) bond motifs is 1. The van der Waals surface area contributed by atoms with Crippen LogP contribution < -0.4 is 3.71 Å². The number of benzene rings is 1. The van der Waals surface area contributed by atoms with Crippen LogP contribution in [0.3, 0.4) is 0 Å². The van der Waals surface area contributed by atoms with Crippen LogP contribution in [0, 0.1) is 6.92 Å². The van der Waals surface area contributed by atoms with Crippen LogP contribution >= 0.6 is 0 Å². The van der Waals surface area contributed by atoms with Crippen LogP contribution in [0.4, 0.5) is 0 Å². The molecule has 0 bridgehead atoms. The Morgan fingerprint density at radius 2 is 1.50 bits per heavy atom. The summed E-state index contributed by atoms with van der Waals surface area (Å²) in [6.07, 6.45) is 8.12. The molecule has 0 saturated carbocycles. The van der Waals surface area contributed by atoms with E-state index in [4.69, 9.17) is 5.10 Å². The SMILES string of the molecule is CCC[CH2][Sn]([CH2]CCC)([CH2]CCC)[c]1nn(CCN(C)C)c2cc(C)ccc12. The molecule has 2 aromatic rings. The van der Waals surface area contributed by atoms with E-state index in [1.54, 1.807) is 3.71 Å². The summed E-state index contributed by atoms with van der Waals surface area (Å²) in [5.41, 5.74) is 2.73. The fourth-order valence-corrected chi connectivity index (χ4v) is 20.6. The van der Waals surface area contributed by atoms with Crippen LogP contribution in [-0.2, 0) is 6.54 Å². The van der Waals surface area contributed by atoms with Gasteiger partial charge >= 0.3 is 178 Å². The predicted octanol–water partition coefficient (Wildman–Crippen LogP) is 5.96. The van der Waals surface area contributed by atoms with Crippen LogP contribution in [0.5, 0.6) is 0 Å². The van der Waals surface area contributed by atoms with Crippen LogP contribution in [0.15, 0.2) is 18.2 Å². The Morgan fingerprint density at radius 1 is 0.929 bits per heavy atom. The van der Waals surface area contributed by atoms with Gasteiger partial charge in [0.25, 0.3) is 0 Å². The molecule has 28 heavy (non-hydrogen) atoms. The Morgan fingerprint density at radius 3 is 2.00 bits per heavy atom. The van der Waals surface area contributed by atoms with E-state index in [1.165, 1.54) is 68.3 Å². The third-order valence-electron chi connectivity index (χ3n) is 6.20. The molecule has 0 atom stereocenters. The summed E-state index contributed by atoms with van der Waals surface area (Å²) >= 11 is -2.54. The van der Waals surface area contributed by atoms with Gasteiger partial charge in [-0.1, -0.05) is 0 Å². The molecule has 0 N–H and O–H groups in total. The summed E-state index contributed by atoms with van der Waals surface area (Å²) in [7, 11) is 4.32. The summed E-state index contributed by atoms with van der Waals surface area (Å²) < 4.78 is 8.39. The zero-order valence-electron chi connectivity index (χ0n) is 19.4. The average molecular weight is 492 g/mol. The molecule has 0 aliphatic carbocycles. The Balaban J connectivity index is 2.58. The second-order valence-corrected chi connectivity index (χ2v) is 21.9. The van der Waals surface area contributed by atoms with Crippen LogP contribution in [0.1, 0.15) is 64.9 Å². The van der Waals surface area contributed by atoms with Crippen LogP contribution in [-0.4, -0.2) is 53.7 Å². The number of unbranched alkanes of at least 4 members (excludes halogenated alkanes) is 3. The number of rotatable bonds is 13. The first-order valence-corrected chi connectivity index (χ1v) is 19.1. The van der Waals surface area contributed by atoms with Crippen molar-refractivity contribution in [1.29, 1.82) is 0 Å². The van der Waals surface area contributed by atoms with E-state index in [2.05, 4.69) is 69.6 Å². The quantitative estimate of drug-likeness (QED) is 0.322. The first-order chi connectivity index (χ1) is 13.5. The zero-order valence-corrected chi connectivity index (χ0v) is 22.2. The second-order valence-electron chi connectivity index (χ2n) is 8.99. The molecule has 0 radical (unpaired) electrons. The number of aromatic nitrogens is 2. The topological polar surface area (TPSA) is 21.1 Å². The molecular formula is C24H43N3Sn. The minimum absolute atomic E-state index is 0.990. The fraction of sp³-hybridized carbons (Fsp3) is 0.708. The number of hydrogen-bond donors (Lipinski definition) is 0. The Hall–Kier alpha value is -0.551. The molecule has 0 amide bonds. The third kappa shape index (κ3) is 5.98. The number of aryl methyl sites for hydroxylation is 1. The van der Waals surface area contributed by atoms with Crippen molar-refractivity contribution in [3.05, 3.63) is 23.8 Å². The Labute approximate surface area is 177 Å². The number of likely N-dealkylation sites (N-methyl/N-ethyl adjacent to an activating group) is 1. The molecule has 1 aromatic heterocycles. The molecule has 0 aliphatic rings. The normalized spacial score (nSPS) is 12.4. The number of nitrogens with zero attached hydrogens (tertiary/aromatic N) is 3. The molecule has 0 saturated heterocycles. The van der Waals surface area contributed by atoms with E-state index in [-0.39, 0.29) is 0 Å². The molecule has 0 spiro atoms. The summed E-state index contributed by atoms with van der Waals surface area (Å²) in [6.45, 7) is 11.3. The van der Waals surface area contributed by atoms with E-state index in [0.29, 0.717) is 0 Å². The third-order valence-corrected chi connectivity index (χ3v) is 21.3. The fourth-order valence-electron chi connectivity index (χ4n) is 4.42. The summed E-state index contributed by atoms with van der Waals surface area (Å²) in [6, 6.07) is 7.08. The van der Waals surface area contributed by atoms with Crippen molar-refractivity contribution in [2.75, 3.05) is 20.6 Å². The van der Waals surface area contributed by atoms with Gasteiger partial charge in [-0.3, -0.25) is 0 Å². The van der Waals surface area contributed by atoms with Gasteiger partial charge in [-0.15, -0.1) is 0 Å². The monoisotopic (exact) mass is 493 g/mol. The molecule has 3 nitrogen and oxygen atoms in total. The van der Waals surface area contributed by atoms with Gasteiger partial charge in [0, 0.05) is 0 Å². The van der Waals surface area contributed by atoms with E-state index in [9.17, 15) is 0 Å². The molecule has 158 valence electrons. The van der Waals surface area contributed by atoms with Crippen molar-refractivity contribution in [2.45, 2.75) is 86.1 Å². The van der Waals surface area contributed by atoms with Gasteiger partial charge < -0.3 is 0 Å². The second kappa shape index (κ2) is 11.6. The first-order valence-electron chi connectivity index (χ1n) is 11.6. The van der Waals surface area contributed by atoms with Gasteiger partial charge in [0.05, 0.1) is 0 Å². The maximum atomic E-state index is 5.42. The van der Waals surface area contributed by atoms with E-state index < -0.39 is 18.4 Å². The van der Waals surface area contributed by atoms with Crippen LogP contribution in [0.2, 0.25) is 13.3 Å². The average Bonchev–Trinajstić information content (AvgIpc) is 3.04. The Bertz CT molecular complexity index is 698. The van der Waals surface area contributed by atoms with Crippen molar-refractivity contribution in [2.24, 2.45) is 0 Å².